The van der Waals surface area contributed by atoms with Gasteiger partial charge in [0, 0.05) is 0 Å². The van der Waals surface area contributed by atoms with Gasteiger partial charge < -0.3 is 0 Å². The summed E-state index contributed by atoms with van der Waals surface area (Å²) >= 11 is 0. The molecule has 0 spiro atoms. The minimum Gasteiger partial charge on any atom is -0.0761 e. The Balaban J connectivity index is 2.17. The highest BCUT2D eigenvalue weighted by Gasteiger charge is 2.25. The number of benzene rings is 2. The fourth-order valence-electron chi connectivity index (χ4n) is 2.60. The van der Waals surface area contributed by atoms with Crippen molar-refractivity contribution in [3.05, 3.63) is 52.7 Å². The average molecular weight is 238 g/mol. The Morgan fingerprint density at radius 3 is 2.47 bits per heavy atom. The topological polar surface area (TPSA) is 0 Å². The van der Waals surface area contributed by atoms with E-state index in [4.69, 9.17) is 0 Å². The normalized spacial score (nSPS) is 14.9. The molecule has 1 aliphatic rings. The highest BCUT2D eigenvalue weighted by molar-refractivity contribution is 6.83. The van der Waals surface area contributed by atoms with Crippen LogP contribution in [0.15, 0.2) is 41.6 Å². The van der Waals surface area contributed by atoms with Gasteiger partial charge in [-0.05, 0) is 28.3 Å². The molecule has 0 N–H and O–H groups in total. The van der Waals surface area contributed by atoms with Crippen molar-refractivity contribution >= 4 is 24.9 Å². The molecule has 0 aromatic heterocycles. The van der Waals surface area contributed by atoms with Crippen LogP contribution in [0.1, 0.15) is 11.1 Å². The van der Waals surface area contributed by atoms with Crippen molar-refractivity contribution in [3.63, 3.8) is 0 Å². The number of rotatable bonds is 1. The maximum absolute atomic E-state index is 2.44. The molecule has 17 heavy (non-hydrogen) atoms. The molecule has 0 atom stereocenters. The van der Waals surface area contributed by atoms with Crippen LogP contribution in [-0.2, 0) is 6.42 Å². The summed E-state index contributed by atoms with van der Waals surface area (Å²) < 4.78 is 0. The van der Waals surface area contributed by atoms with Crippen molar-refractivity contribution in [2.45, 2.75) is 26.1 Å². The molecule has 86 valence electrons. The lowest BCUT2D eigenvalue weighted by molar-refractivity contribution is 1.29. The first-order valence-corrected chi connectivity index (χ1v) is 9.77. The highest BCUT2D eigenvalue weighted by atomic mass is 28.3. The van der Waals surface area contributed by atoms with Crippen LogP contribution in [0, 0.1) is 0 Å². The van der Waals surface area contributed by atoms with Crippen molar-refractivity contribution < 1.29 is 0 Å². The SMILES string of the molecule is C[Si](C)(C)C1=Cc2ccc3ccccc3c2C1. The van der Waals surface area contributed by atoms with Gasteiger partial charge in [0.25, 0.3) is 0 Å². The Bertz CT molecular complexity index is 615. The Kier molecular flexibility index (Phi) is 2.27. The quantitative estimate of drug-likeness (QED) is 0.634. The molecule has 0 saturated carbocycles. The van der Waals surface area contributed by atoms with Gasteiger partial charge >= 0.3 is 0 Å². The van der Waals surface area contributed by atoms with Gasteiger partial charge in [-0.15, -0.1) is 0 Å². The predicted molar refractivity (Wildman–Crippen MR) is 79.0 cm³/mol. The van der Waals surface area contributed by atoms with Gasteiger partial charge in [0.05, 0.1) is 8.07 Å². The Morgan fingerprint density at radius 1 is 0.941 bits per heavy atom. The first kappa shape index (κ1) is 10.8. The Morgan fingerprint density at radius 2 is 1.71 bits per heavy atom. The van der Waals surface area contributed by atoms with Gasteiger partial charge in [0.15, 0.2) is 0 Å². The zero-order chi connectivity index (χ0) is 12.0. The zero-order valence-electron chi connectivity index (χ0n) is 10.7. The summed E-state index contributed by atoms with van der Waals surface area (Å²) in [6, 6.07) is 13.3. The maximum Gasteiger partial charge on any atom is 0.0729 e. The molecule has 0 aliphatic heterocycles. The second-order valence-electron chi connectivity index (χ2n) is 5.95. The van der Waals surface area contributed by atoms with Gasteiger partial charge in [0.1, 0.15) is 0 Å². The summed E-state index contributed by atoms with van der Waals surface area (Å²) in [5, 5.41) is 4.50. The van der Waals surface area contributed by atoms with E-state index in [-0.39, 0.29) is 0 Å². The lowest BCUT2D eigenvalue weighted by atomic mass is 10.0. The maximum atomic E-state index is 2.44. The lowest BCUT2D eigenvalue weighted by Crippen LogP contribution is -2.23. The lowest BCUT2D eigenvalue weighted by Gasteiger charge is -2.17. The molecule has 0 heterocycles. The van der Waals surface area contributed by atoms with Crippen molar-refractivity contribution in [2.24, 2.45) is 0 Å². The van der Waals surface area contributed by atoms with Gasteiger partial charge in [-0.2, -0.15) is 0 Å². The monoisotopic (exact) mass is 238 g/mol. The molecule has 0 saturated heterocycles. The molecule has 0 unspecified atom stereocenters. The molecule has 0 fully saturated rings. The number of hydrogen-bond acceptors (Lipinski definition) is 0. The zero-order valence-corrected chi connectivity index (χ0v) is 11.7. The van der Waals surface area contributed by atoms with Gasteiger partial charge in [-0.25, -0.2) is 0 Å². The first-order chi connectivity index (χ1) is 8.05. The third kappa shape index (κ3) is 1.75. The summed E-state index contributed by atoms with van der Waals surface area (Å²) in [5.41, 5.74) is 2.99. The smallest absolute Gasteiger partial charge is 0.0729 e. The van der Waals surface area contributed by atoms with Crippen LogP contribution in [0.3, 0.4) is 0 Å². The van der Waals surface area contributed by atoms with Crippen molar-refractivity contribution in [1.29, 1.82) is 0 Å². The summed E-state index contributed by atoms with van der Waals surface area (Å²) in [4.78, 5) is 0. The van der Waals surface area contributed by atoms with E-state index in [9.17, 15) is 0 Å². The highest BCUT2D eigenvalue weighted by Crippen LogP contribution is 2.35. The van der Waals surface area contributed by atoms with Gasteiger partial charge in [-0.3, -0.25) is 0 Å². The van der Waals surface area contributed by atoms with E-state index in [0.29, 0.717) is 0 Å². The standard InChI is InChI=1S/C16H18Si/c1-17(2,3)14-10-13-9-8-12-6-4-5-7-15(12)16(13)11-14/h4-10H,11H2,1-3H3. The third-order valence-corrected chi connectivity index (χ3v) is 5.98. The second-order valence-corrected chi connectivity index (χ2v) is 11.1. The third-order valence-electron chi connectivity index (χ3n) is 3.74. The summed E-state index contributed by atoms with van der Waals surface area (Å²) in [6.45, 7) is 7.31. The van der Waals surface area contributed by atoms with Crippen LogP contribution in [0.25, 0.3) is 16.8 Å². The van der Waals surface area contributed by atoms with Gasteiger partial charge in [0.2, 0.25) is 0 Å². The fraction of sp³-hybridized carbons (Fsp3) is 0.250. The summed E-state index contributed by atoms with van der Waals surface area (Å²) in [5.74, 6) is 0. The van der Waals surface area contributed by atoms with Crippen LogP contribution >= 0.6 is 0 Å². The molecule has 1 aliphatic carbocycles. The predicted octanol–water partition coefficient (Wildman–Crippen LogP) is 4.66. The van der Waals surface area contributed by atoms with Crippen molar-refractivity contribution in [2.75, 3.05) is 0 Å². The summed E-state index contributed by atoms with van der Waals surface area (Å²) in [6.07, 6.45) is 3.61. The molecule has 3 rings (SSSR count). The molecule has 0 radical (unpaired) electrons. The van der Waals surface area contributed by atoms with Crippen LogP contribution in [0.2, 0.25) is 19.6 Å². The van der Waals surface area contributed by atoms with Crippen LogP contribution < -0.4 is 0 Å². The number of allylic oxidation sites excluding steroid dienone is 1. The Labute approximate surface area is 104 Å². The van der Waals surface area contributed by atoms with E-state index in [1.807, 2.05) is 0 Å². The van der Waals surface area contributed by atoms with Crippen molar-refractivity contribution in [3.8, 4) is 0 Å². The minimum absolute atomic E-state index is 1.15. The van der Waals surface area contributed by atoms with Crippen LogP contribution in [-0.4, -0.2) is 8.07 Å². The van der Waals surface area contributed by atoms with Gasteiger partial charge in [-0.1, -0.05) is 67.3 Å². The molecule has 0 bridgehead atoms. The molecule has 0 nitrogen and oxygen atoms in total. The molecule has 0 amide bonds. The van der Waals surface area contributed by atoms with Crippen molar-refractivity contribution in [1.82, 2.24) is 0 Å². The molecule has 2 aromatic rings. The summed E-state index contributed by atoms with van der Waals surface area (Å²) in [7, 11) is -1.15. The Hall–Kier alpha value is -1.34. The average Bonchev–Trinajstić information content (AvgIpc) is 2.72. The van der Waals surface area contributed by atoms with E-state index in [0.717, 1.165) is 0 Å². The second kappa shape index (κ2) is 3.57. The molecular formula is C16H18Si. The first-order valence-electron chi connectivity index (χ1n) is 6.27. The molecular weight excluding hydrogens is 220 g/mol. The van der Waals surface area contributed by atoms with E-state index in [1.54, 1.807) is 10.8 Å². The van der Waals surface area contributed by atoms with E-state index >= 15 is 0 Å². The number of fused-ring (bicyclic) bond motifs is 3. The van der Waals surface area contributed by atoms with Crippen LogP contribution in [0.4, 0.5) is 0 Å². The van der Waals surface area contributed by atoms with E-state index < -0.39 is 8.07 Å². The van der Waals surface area contributed by atoms with Crippen LogP contribution in [0.5, 0.6) is 0 Å². The largest absolute Gasteiger partial charge is 0.0761 e. The molecule has 2 aromatic carbocycles. The fourth-order valence-corrected chi connectivity index (χ4v) is 3.89. The van der Waals surface area contributed by atoms with E-state index in [2.05, 4.69) is 62.1 Å². The number of hydrogen-bond donors (Lipinski definition) is 0. The van der Waals surface area contributed by atoms with E-state index in [1.165, 1.54) is 22.8 Å². The minimum atomic E-state index is -1.15. The molecule has 1 heteroatoms.